The highest BCUT2D eigenvalue weighted by Gasteiger charge is 2.38. The van der Waals surface area contributed by atoms with E-state index >= 15 is 0 Å². The summed E-state index contributed by atoms with van der Waals surface area (Å²) in [6.07, 6.45) is 5.64. The lowest BCUT2D eigenvalue weighted by Gasteiger charge is -2.28. The van der Waals surface area contributed by atoms with Crippen molar-refractivity contribution in [3.8, 4) is 0 Å². The fraction of sp³-hybridized carbons (Fsp3) is 0.444. The van der Waals surface area contributed by atoms with E-state index in [0.29, 0.717) is 5.82 Å². The van der Waals surface area contributed by atoms with Crippen LogP contribution in [0.4, 0.5) is 0 Å². The average molecular weight is 253 g/mol. The molecule has 7 nitrogen and oxygen atoms in total. The predicted molar refractivity (Wildman–Crippen MR) is 61.0 cm³/mol. The third-order valence-electron chi connectivity index (χ3n) is 2.91. The van der Waals surface area contributed by atoms with Crippen LogP contribution in [0.3, 0.4) is 0 Å². The van der Waals surface area contributed by atoms with Crippen LogP contribution in [0.2, 0.25) is 0 Å². The van der Waals surface area contributed by atoms with Crippen LogP contribution < -0.4 is 0 Å². The molecule has 1 aromatic heterocycles. The maximum atomic E-state index is 11.6. The van der Waals surface area contributed by atoms with Crippen molar-refractivity contribution in [3.05, 3.63) is 23.9 Å². The summed E-state index contributed by atoms with van der Waals surface area (Å²) in [5, 5.41) is 7.93. The first-order chi connectivity index (χ1) is 7.98. The molecule has 0 aliphatic carbocycles. The zero-order valence-electron chi connectivity index (χ0n) is 9.35. The number of aromatic nitrogens is 3. The minimum absolute atomic E-state index is 0.153. The summed E-state index contributed by atoms with van der Waals surface area (Å²) in [6, 6.07) is -0.153. The highest BCUT2D eigenvalue weighted by atomic mass is 32.2. The Kier molecular flexibility index (Phi) is 1.94. The van der Waals surface area contributed by atoms with E-state index in [1.165, 1.54) is 10.6 Å². The smallest absolute Gasteiger partial charge is 0.233 e. The summed E-state index contributed by atoms with van der Waals surface area (Å²) in [7, 11) is -3.29. The van der Waals surface area contributed by atoms with E-state index in [-0.39, 0.29) is 6.04 Å². The van der Waals surface area contributed by atoms with Crippen LogP contribution in [0.5, 0.6) is 0 Å². The Morgan fingerprint density at radius 2 is 2.12 bits per heavy atom. The van der Waals surface area contributed by atoms with Crippen LogP contribution in [0.15, 0.2) is 17.3 Å². The first-order valence-electron chi connectivity index (χ1n) is 5.10. The molecule has 0 aromatic carbocycles. The van der Waals surface area contributed by atoms with E-state index in [1.807, 2.05) is 17.6 Å². The van der Waals surface area contributed by atoms with Gasteiger partial charge in [-0.2, -0.15) is 0 Å². The van der Waals surface area contributed by atoms with Crippen LogP contribution in [-0.2, 0) is 10.0 Å². The Hall–Kier alpha value is -1.70. The fourth-order valence-electron chi connectivity index (χ4n) is 2.18. The fourth-order valence-corrected chi connectivity index (χ4v) is 3.04. The first kappa shape index (κ1) is 10.5. The van der Waals surface area contributed by atoms with Gasteiger partial charge in [0.2, 0.25) is 10.0 Å². The van der Waals surface area contributed by atoms with E-state index in [1.54, 1.807) is 12.4 Å². The molecule has 0 radical (unpaired) electrons. The number of aliphatic imine (C=N–C) groups is 1. The summed E-state index contributed by atoms with van der Waals surface area (Å²) >= 11 is 0. The Bertz CT molecular complexity index is 630. The zero-order valence-corrected chi connectivity index (χ0v) is 10.2. The van der Waals surface area contributed by atoms with Gasteiger partial charge in [-0.1, -0.05) is 0 Å². The van der Waals surface area contributed by atoms with Crippen molar-refractivity contribution >= 4 is 16.2 Å². The Morgan fingerprint density at radius 1 is 1.35 bits per heavy atom. The minimum atomic E-state index is -3.29. The van der Waals surface area contributed by atoms with Crippen LogP contribution in [-0.4, -0.2) is 46.1 Å². The van der Waals surface area contributed by atoms with Gasteiger partial charge in [0.05, 0.1) is 18.5 Å². The SMILES string of the molecule is Cc1nnc2n1C1C=CN(S(C)(=O)=O)C1N=C2. The van der Waals surface area contributed by atoms with Crippen molar-refractivity contribution in [1.82, 2.24) is 19.1 Å². The molecule has 0 fully saturated rings. The van der Waals surface area contributed by atoms with E-state index in [9.17, 15) is 8.42 Å². The van der Waals surface area contributed by atoms with Crippen molar-refractivity contribution in [3.63, 3.8) is 0 Å². The standard InChI is InChI=1S/C9H11N5O2S/c1-6-11-12-8-5-10-9-7(14(6)8)3-4-13(9)17(2,15)16/h3-5,7,9H,1-2H3. The van der Waals surface area contributed by atoms with Gasteiger partial charge >= 0.3 is 0 Å². The van der Waals surface area contributed by atoms with Gasteiger partial charge in [-0.05, 0) is 13.0 Å². The molecule has 0 saturated carbocycles. The molecule has 2 aliphatic rings. The summed E-state index contributed by atoms with van der Waals surface area (Å²) in [5.41, 5.74) is 0. The molecule has 2 unspecified atom stereocenters. The Balaban J connectivity index is 2.09. The third kappa shape index (κ3) is 1.40. The second-order valence-corrected chi connectivity index (χ2v) is 5.98. The quantitative estimate of drug-likeness (QED) is 0.686. The summed E-state index contributed by atoms with van der Waals surface area (Å²) in [4.78, 5) is 4.23. The van der Waals surface area contributed by atoms with Gasteiger partial charge in [-0.25, -0.2) is 8.42 Å². The number of hydrogen-bond acceptors (Lipinski definition) is 5. The number of sulfonamides is 1. The van der Waals surface area contributed by atoms with Gasteiger partial charge in [0.15, 0.2) is 12.0 Å². The second-order valence-electron chi connectivity index (χ2n) is 4.09. The molecule has 17 heavy (non-hydrogen) atoms. The average Bonchev–Trinajstić information content (AvgIpc) is 2.80. The Morgan fingerprint density at radius 3 is 2.82 bits per heavy atom. The molecule has 0 N–H and O–H groups in total. The van der Waals surface area contributed by atoms with Gasteiger partial charge < -0.3 is 0 Å². The molecule has 2 aliphatic heterocycles. The first-order valence-corrected chi connectivity index (χ1v) is 6.95. The maximum Gasteiger partial charge on any atom is 0.233 e. The predicted octanol–water partition coefficient (Wildman–Crippen LogP) is -0.325. The molecule has 0 spiro atoms. The van der Waals surface area contributed by atoms with Crippen molar-refractivity contribution in [2.45, 2.75) is 19.1 Å². The van der Waals surface area contributed by atoms with Gasteiger partial charge in [-0.15, -0.1) is 10.2 Å². The van der Waals surface area contributed by atoms with Crippen LogP contribution >= 0.6 is 0 Å². The minimum Gasteiger partial charge on any atom is -0.299 e. The van der Waals surface area contributed by atoms with Crippen LogP contribution in [0, 0.1) is 6.92 Å². The zero-order chi connectivity index (χ0) is 12.2. The number of aryl methyl sites for hydroxylation is 1. The third-order valence-corrected chi connectivity index (χ3v) is 4.02. The van der Waals surface area contributed by atoms with Crippen molar-refractivity contribution in [1.29, 1.82) is 0 Å². The van der Waals surface area contributed by atoms with E-state index in [0.717, 1.165) is 5.82 Å². The summed E-state index contributed by atoms with van der Waals surface area (Å²) < 4.78 is 26.3. The molecule has 0 bridgehead atoms. The van der Waals surface area contributed by atoms with E-state index in [2.05, 4.69) is 15.2 Å². The van der Waals surface area contributed by atoms with Crippen LogP contribution in [0.25, 0.3) is 0 Å². The van der Waals surface area contributed by atoms with E-state index in [4.69, 9.17) is 0 Å². The molecule has 0 amide bonds. The van der Waals surface area contributed by atoms with Gasteiger partial charge in [0, 0.05) is 6.20 Å². The number of rotatable bonds is 1. The Labute approximate surface area is 98.5 Å². The second kappa shape index (κ2) is 3.16. The number of fused-ring (bicyclic) bond motifs is 3. The number of nitrogens with zero attached hydrogens (tertiary/aromatic N) is 5. The molecule has 90 valence electrons. The van der Waals surface area contributed by atoms with E-state index < -0.39 is 16.2 Å². The maximum absolute atomic E-state index is 11.6. The lowest BCUT2D eigenvalue weighted by molar-refractivity contribution is 0.355. The molecule has 3 rings (SSSR count). The lowest BCUT2D eigenvalue weighted by atomic mass is 10.2. The molecular weight excluding hydrogens is 242 g/mol. The van der Waals surface area contributed by atoms with Crippen molar-refractivity contribution in [2.24, 2.45) is 4.99 Å². The molecule has 2 atom stereocenters. The van der Waals surface area contributed by atoms with Gasteiger partial charge in [-0.3, -0.25) is 13.9 Å². The lowest BCUT2D eigenvalue weighted by Crippen LogP contribution is -2.38. The normalized spacial score (nSPS) is 26.1. The molecule has 1 aromatic rings. The topological polar surface area (TPSA) is 80.5 Å². The van der Waals surface area contributed by atoms with Gasteiger partial charge in [0.1, 0.15) is 5.82 Å². The van der Waals surface area contributed by atoms with Crippen molar-refractivity contribution in [2.75, 3.05) is 6.26 Å². The summed E-state index contributed by atoms with van der Waals surface area (Å²) in [5.74, 6) is 1.41. The summed E-state index contributed by atoms with van der Waals surface area (Å²) in [6.45, 7) is 1.84. The largest absolute Gasteiger partial charge is 0.299 e. The van der Waals surface area contributed by atoms with Crippen molar-refractivity contribution < 1.29 is 8.42 Å². The molecular formula is C9H11N5O2S. The van der Waals surface area contributed by atoms with Gasteiger partial charge in [0.25, 0.3) is 0 Å². The van der Waals surface area contributed by atoms with Crippen LogP contribution in [0.1, 0.15) is 17.7 Å². The molecule has 8 heteroatoms. The molecule has 3 heterocycles. The number of hydrogen-bond donors (Lipinski definition) is 0. The monoisotopic (exact) mass is 253 g/mol. The molecule has 0 saturated heterocycles. The highest BCUT2D eigenvalue weighted by molar-refractivity contribution is 7.88. The highest BCUT2D eigenvalue weighted by Crippen LogP contribution is 2.32.